The number of nitrogens with one attached hydrogen (secondary N) is 2. The molecule has 0 radical (unpaired) electrons. The van der Waals surface area contributed by atoms with E-state index in [2.05, 4.69) is 20.9 Å². The van der Waals surface area contributed by atoms with E-state index in [1.807, 2.05) is 81.6 Å². The van der Waals surface area contributed by atoms with Crippen molar-refractivity contribution in [3.05, 3.63) is 36.2 Å². The molecule has 3 heterocycles. The number of hydrogen-bond acceptors (Lipinski definition) is 10. The van der Waals surface area contributed by atoms with Crippen LogP contribution in [0.4, 0.5) is 21.4 Å². The Kier molecular flexibility index (Phi) is 12.4. The van der Waals surface area contributed by atoms with E-state index < -0.39 is 11.2 Å². The molecule has 1 aromatic carbocycles. The number of aromatic nitrogens is 5. The van der Waals surface area contributed by atoms with Crippen LogP contribution in [0.3, 0.4) is 0 Å². The Morgan fingerprint density at radius 3 is 2.34 bits per heavy atom. The quantitative estimate of drug-likeness (QED) is 0.185. The van der Waals surface area contributed by atoms with Crippen molar-refractivity contribution in [1.82, 2.24) is 34.8 Å². The van der Waals surface area contributed by atoms with Gasteiger partial charge in [0.05, 0.1) is 18.3 Å². The molecule has 0 unspecified atom stereocenters. The number of para-hydroxylation sites is 1. The SMILES string of the molecule is CC(C)(C)OC(=O)N1CCC(Nc2nc(NCc3cn(CCCCCN(C(=O)OC(C)(C)C)C4CCCCC4)nn3)nc3ccccc23)CC1. The van der Waals surface area contributed by atoms with Gasteiger partial charge in [-0.1, -0.05) is 36.6 Å². The van der Waals surface area contributed by atoms with Crippen LogP contribution in [0.2, 0.25) is 0 Å². The first-order valence-electron chi connectivity index (χ1n) is 18.5. The maximum absolute atomic E-state index is 13.0. The van der Waals surface area contributed by atoms with E-state index in [1.54, 1.807) is 4.90 Å². The number of piperidine rings is 1. The lowest BCUT2D eigenvalue weighted by atomic mass is 9.94. The number of fused-ring (bicyclic) bond motifs is 1. The highest BCUT2D eigenvalue weighted by molar-refractivity contribution is 5.90. The van der Waals surface area contributed by atoms with Crippen LogP contribution in [-0.2, 0) is 22.6 Å². The van der Waals surface area contributed by atoms with E-state index >= 15 is 0 Å². The first-order valence-corrected chi connectivity index (χ1v) is 18.5. The van der Waals surface area contributed by atoms with Gasteiger partial charge in [-0.3, -0.25) is 4.68 Å². The molecule has 2 N–H and O–H groups in total. The van der Waals surface area contributed by atoms with Gasteiger partial charge in [0.1, 0.15) is 22.7 Å². The second kappa shape index (κ2) is 16.7. The first-order chi connectivity index (χ1) is 23.8. The van der Waals surface area contributed by atoms with Gasteiger partial charge in [-0.25, -0.2) is 14.6 Å². The smallest absolute Gasteiger partial charge is 0.410 e. The van der Waals surface area contributed by atoms with Crippen LogP contribution in [0.5, 0.6) is 0 Å². The van der Waals surface area contributed by atoms with Crippen molar-refractivity contribution in [3.8, 4) is 0 Å². The molecular weight excluding hydrogens is 634 g/mol. The largest absolute Gasteiger partial charge is 0.444 e. The second-order valence-corrected chi connectivity index (χ2v) is 15.7. The molecule has 2 aliphatic rings. The average molecular weight is 692 g/mol. The minimum atomic E-state index is -0.508. The van der Waals surface area contributed by atoms with E-state index in [-0.39, 0.29) is 24.3 Å². The highest BCUT2D eigenvalue weighted by atomic mass is 16.6. The van der Waals surface area contributed by atoms with Crippen LogP contribution in [0.25, 0.3) is 10.9 Å². The number of aryl methyl sites for hydroxylation is 1. The number of benzene rings is 1. The number of rotatable bonds is 12. The highest BCUT2D eigenvalue weighted by Gasteiger charge is 2.30. The zero-order valence-electron chi connectivity index (χ0n) is 30.9. The minimum absolute atomic E-state index is 0.174. The summed E-state index contributed by atoms with van der Waals surface area (Å²) in [4.78, 5) is 38.9. The highest BCUT2D eigenvalue weighted by Crippen LogP contribution is 2.27. The van der Waals surface area contributed by atoms with Gasteiger partial charge in [-0.15, -0.1) is 5.10 Å². The number of carbonyl (C=O) groups is 2. The first kappa shape index (κ1) is 37.1. The fourth-order valence-corrected chi connectivity index (χ4v) is 6.56. The van der Waals surface area contributed by atoms with Gasteiger partial charge in [0, 0.05) is 43.6 Å². The van der Waals surface area contributed by atoms with Crippen molar-refractivity contribution in [2.45, 2.75) is 142 Å². The van der Waals surface area contributed by atoms with Gasteiger partial charge in [-0.05, 0) is 98.6 Å². The predicted molar refractivity (Wildman–Crippen MR) is 195 cm³/mol. The molecule has 1 saturated carbocycles. The summed E-state index contributed by atoms with van der Waals surface area (Å²) < 4.78 is 13.2. The lowest BCUT2D eigenvalue weighted by molar-refractivity contribution is 0.0116. The third-order valence-corrected chi connectivity index (χ3v) is 9.03. The van der Waals surface area contributed by atoms with E-state index in [0.717, 1.165) is 80.4 Å². The summed E-state index contributed by atoms with van der Waals surface area (Å²) in [7, 11) is 0. The second-order valence-electron chi connectivity index (χ2n) is 15.7. The van der Waals surface area contributed by atoms with Crippen LogP contribution < -0.4 is 10.6 Å². The standard InChI is InChI=1S/C37H57N9O4/c1-36(2,3)49-34(47)44-23-19-27(20-24-44)39-32-30-17-11-12-18-31(30)40-33(41-32)38-25-28-26-45(43-42-28)21-13-8-14-22-46(29-15-9-7-10-16-29)35(48)50-37(4,5)6/h11-12,17-18,26-27,29H,7-10,13-16,19-25H2,1-6H3,(H2,38,39,40,41). The van der Waals surface area contributed by atoms with Crippen molar-refractivity contribution in [2.75, 3.05) is 30.3 Å². The maximum Gasteiger partial charge on any atom is 0.410 e. The Labute approximate surface area is 296 Å². The van der Waals surface area contributed by atoms with Crippen LogP contribution in [0.15, 0.2) is 30.5 Å². The van der Waals surface area contributed by atoms with E-state index in [1.165, 1.54) is 19.3 Å². The van der Waals surface area contributed by atoms with Crippen molar-refractivity contribution < 1.29 is 19.1 Å². The molecule has 0 atom stereocenters. The summed E-state index contributed by atoms with van der Waals surface area (Å²) in [6.45, 7) is 14.6. The van der Waals surface area contributed by atoms with Crippen molar-refractivity contribution >= 4 is 34.9 Å². The molecule has 0 bridgehead atoms. The van der Waals surface area contributed by atoms with E-state index in [4.69, 9.17) is 19.4 Å². The summed E-state index contributed by atoms with van der Waals surface area (Å²) in [5.41, 5.74) is 0.647. The predicted octanol–water partition coefficient (Wildman–Crippen LogP) is 7.38. The van der Waals surface area contributed by atoms with Crippen LogP contribution in [0.1, 0.15) is 111 Å². The lowest BCUT2D eigenvalue weighted by Crippen LogP contribution is -2.44. The summed E-state index contributed by atoms with van der Waals surface area (Å²) >= 11 is 0. The number of hydrogen-bond donors (Lipinski definition) is 2. The number of nitrogens with zero attached hydrogens (tertiary/aromatic N) is 7. The molecule has 0 spiro atoms. The van der Waals surface area contributed by atoms with Gasteiger partial charge >= 0.3 is 12.2 Å². The van der Waals surface area contributed by atoms with E-state index in [9.17, 15) is 9.59 Å². The van der Waals surface area contributed by atoms with Crippen molar-refractivity contribution in [1.29, 1.82) is 0 Å². The fourth-order valence-electron chi connectivity index (χ4n) is 6.56. The van der Waals surface area contributed by atoms with Crippen LogP contribution >= 0.6 is 0 Å². The summed E-state index contributed by atoms with van der Waals surface area (Å²) in [6, 6.07) is 8.42. The molecule has 13 heteroatoms. The molecule has 2 amide bonds. The third kappa shape index (κ3) is 11.2. The van der Waals surface area contributed by atoms with Gasteiger partial charge in [0.2, 0.25) is 5.95 Å². The normalized spacial score (nSPS) is 16.3. The zero-order valence-corrected chi connectivity index (χ0v) is 30.9. The molecule has 3 aromatic rings. The van der Waals surface area contributed by atoms with Crippen molar-refractivity contribution in [2.24, 2.45) is 0 Å². The number of amides is 2. The molecule has 50 heavy (non-hydrogen) atoms. The van der Waals surface area contributed by atoms with Gasteiger partial charge in [0.15, 0.2) is 0 Å². The Bertz CT molecular complexity index is 1550. The summed E-state index contributed by atoms with van der Waals surface area (Å²) in [5, 5.41) is 16.6. The molecular formula is C37H57N9O4. The molecule has 2 aromatic heterocycles. The monoisotopic (exact) mass is 691 g/mol. The molecule has 2 fully saturated rings. The zero-order chi connectivity index (χ0) is 35.7. The molecule has 1 aliphatic carbocycles. The molecule has 5 rings (SSSR count). The molecule has 13 nitrogen and oxygen atoms in total. The lowest BCUT2D eigenvalue weighted by Gasteiger charge is -2.35. The summed E-state index contributed by atoms with van der Waals surface area (Å²) in [6.07, 6.45) is 11.7. The van der Waals surface area contributed by atoms with Gasteiger partial charge < -0.3 is 29.9 Å². The molecule has 1 aliphatic heterocycles. The maximum atomic E-state index is 13.0. The average Bonchev–Trinajstić information content (AvgIpc) is 3.52. The van der Waals surface area contributed by atoms with Crippen molar-refractivity contribution in [3.63, 3.8) is 0 Å². The topological polar surface area (TPSA) is 140 Å². The molecule has 274 valence electrons. The Morgan fingerprint density at radius 2 is 1.62 bits per heavy atom. The number of anilines is 2. The Morgan fingerprint density at radius 1 is 0.900 bits per heavy atom. The Hall–Kier alpha value is -4.16. The van der Waals surface area contributed by atoms with E-state index in [0.29, 0.717) is 25.6 Å². The number of unbranched alkanes of at least 4 members (excludes halogenated alkanes) is 2. The van der Waals surface area contributed by atoms with Crippen LogP contribution in [0, 0.1) is 0 Å². The number of likely N-dealkylation sites (tertiary alicyclic amines) is 1. The summed E-state index contributed by atoms with van der Waals surface area (Å²) in [5.74, 6) is 1.28. The number of ether oxygens (including phenoxy) is 2. The number of carbonyl (C=O) groups excluding carboxylic acids is 2. The fraction of sp³-hybridized carbons (Fsp3) is 0.676. The van der Waals surface area contributed by atoms with Gasteiger partial charge in [0.25, 0.3) is 0 Å². The minimum Gasteiger partial charge on any atom is -0.444 e. The third-order valence-electron chi connectivity index (χ3n) is 9.03. The van der Waals surface area contributed by atoms with Gasteiger partial charge in [-0.2, -0.15) is 4.98 Å². The Balaban J connectivity index is 1.09. The molecule has 1 saturated heterocycles. The van der Waals surface area contributed by atoms with Crippen LogP contribution in [-0.4, -0.2) is 89.9 Å².